The maximum Gasteiger partial charge on any atom is 0.0635 e. The minimum absolute atomic E-state index is 0.432. The smallest absolute Gasteiger partial charge is 0.0635 e. The van der Waals surface area contributed by atoms with Crippen LogP contribution in [-0.4, -0.2) is 22.4 Å². The van der Waals surface area contributed by atoms with Gasteiger partial charge in [-0.05, 0) is 60.0 Å². The molecule has 0 amide bonds. The molecule has 1 aromatic heterocycles. The quantitative estimate of drug-likeness (QED) is 0.837. The molecule has 1 N–H and O–H groups in total. The van der Waals surface area contributed by atoms with Crippen LogP contribution in [0.5, 0.6) is 0 Å². The van der Waals surface area contributed by atoms with E-state index in [1.807, 2.05) is 6.20 Å². The summed E-state index contributed by atoms with van der Waals surface area (Å²) in [4.78, 5) is 0. The molecular formula is C17H30BrN3. The minimum atomic E-state index is 0.432. The number of nitrogens with zero attached hydrogens (tertiary/aromatic N) is 2. The largest absolute Gasteiger partial charge is 0.314 e. The third kappa shape index (κ3) is 4.10. The van der Waals surface area contributed by atoms with Gasteiger partial charge in [-0.25, -0.2) is 0 Å². The Balaban J connectivity index is 2.26. The van der Waals surface area contributed by atoms with Crippen LogP contribution < -0.4 is 5.32 Å². The summed E-state index contributed by atoms with van der Waals surface area (Å²) in [6.07, 6.45) is 5.85. The van der Waals surface area contributed by atoms with Gasteiger partial charge in [-0.1, -0.05) is 27.7 Å². The normalized spacial score (nSPS) is 25.5. The first-order valence-corrected chi connectivity index (χ1v) is 9.08. The third-order valence-corrected chi connectivity index (χ3v) is 5.42. The topological polar surface area (TPSA) is 29.9 Å². The zero-order valence-corrected chi connectivity index (χ0v) is 15.7. The summed E-state index contributed by atoms with van der Waals surface area (Å²) in [6.45, 7) is 13.5. The van der Waals surface area contributed by atoms with Crippen LogP contribution in [-0.2, 0) is 6.54 Å². The molecule has 2 rings (SSSR count). The van der Waals surface area contributed by atoms with E-state index in [2.05, 4.69) is 65.6 Å². The molecule has 0 bridgehead atoms. The summed E-state index contributed by atoms with van der Waals surface area (Å²) >= 11 is 3.73. The Hall–Kier alpha value is -0.350. The van der Waals surface area contributed by atoms with Crippen LogP contribution in [0.2, 0.25) is 0 Å². The highest BCUT2D eigenvalue weighted by molar-refractivity contribution is 9.10. The fourth-order valence-corrected chi connectivity index (χ4v) is 4.18. The Morgan fingerprint density at radius 1 is 1.48 bits per heavy atom. The molecule has 21 heavy (non-hydrogen) atoms. The van der Waals surface area contributed by atoms with Crippen molar-refractivity contribution in [2.24, 2.45) is 11.3 Å². The van der Waals surface area contributed by atoms with Crippen molar-refractivity contribution >= 4 is 15.9 Å². The van der Waals surface area contributed by atoms with Gasteiger partial charge in [0.15, 0.2) is 0 Å². The van der Waals surface area contributed by atoms with E-state index in [0.717, 1.165) is 13.1 Å². The lowest BCUT2D eigenvalue weighted by Crippen LogP contribution is -2.37. The van der Waals surface area contributed by atoms with Gasteiger partial charge >= 0.3 is 0 Å². The van der Waals surface area contributed by atoms with Crippen molar-refractivity contribution in [3.63, 3.8) is 0 Å². The van der Waals surface area contributed by atoms with Gasteiger partial charge < -0.3 is 5.32 Å². The van der Waals surface area contributed by atoms with Crippen molar-refractivity contribution in [3.05, 3.63) is 16.4 Å². The van der Waals surface area contributed by atoms with Gasteiger partial charge in [0.1, 0.15) is 0 Å². The zero-order valence-electron chi connectivity index (χ0n) is 14.1. The number of nitrogens with one attached hydrogen (secondary N) is 1. The molecular weight excluding hydrogens is 326 g/mol. The van der Waals surface area contributed by atoms with E-state index < -0.39 is 0 Å². The summed E-state index contributed by atoms with van der Waals surface area (Å²) in [7, 11) is 0. The molecule has 1 fully saturated rings. The Bertz CT molecular complexity index is 463. The molecule has 1 saturated carbocycles. The zero-order chi connectivity index (χ0) is 15.6. The van der Waals surface area contributed by atoms with E-state index in [1.54, 1.807) is 0 Å². The number of rotatable bonds is 5. The number of hydrogen-bond acceptors (Lipinski definition) is 2. The second-order valence-corrected chi connectivity index (χ2v) is 8.38. The van der Waals surface area contributed by atoms with Crippen molar-refractivity contribution in [2.45, 2.75) is 72.4 Å². The van der Waals surface area contributed by atoms with Crippen molar-refractivity contribution in [2.75, 3.05) is 6.54 Å². The molecule has 0 aromatic carbocycles. The molecule has 0 spiro atoms. The lowest BCUT2D eigenvalue weighted by molar-refractivity contribution is 0.152. The molecule has 1 aliphatic carbocycles. The predicted molar refractivity (Wildman–Crippen MR) is 92.6 cm³/mol. The van der Waals surface area contributed by atoms with Crippen LogP contribution in [0.25, 0.3) is 0 Å². The first-order valence-electron chi connectivity index (χ1n) is 8.28. The predicted octanol–water partition coefficient (Wildman–Crippen LogP) is 4.57. The summed E-state index contributed by atoms with van der Waals surface area (Å²) in [5.41, 5.74) is 1.84. The van der Waals surface area contributed by atoms with Crippen LogP contribution in [0, 0.1) is 11.3 Å². The lowest BCUT2D eigenvalue weighted by atomic mass is 9.66. The van der Waals surface area contributed by atoms with Crippen molar-refractivity contribution in [1.82, 2.24) is 15.1 Å². The van der Waals surface area contributed by atoms with Gasteiger partial charge in [0.05, 0.1) is 16.4 Å². The number of halogens is 1. The van der Waals surface area contributed by atoms with Crippen LogP contribution in [0.15, 0.2) is 10.7 Å². The Morgan fingerprint density at radius 3 is 2.81 bits per heavy atom. The van der Waals surface area contributed by atoms with Crippen molar-refractivity contribution in [3.8, 4) is 0 Å². The van der Waals surface area contributed by atoms with Crippen LogP contribution >= 0.6 is 15.9 Å². The second-order valence-electron chi connectivity index (χ2n) is 7.53. The van der Waals surface area contributed by atoms with Crippen molar-refractivity contribution in [1.29, 1.82) is 0 Å². The highest BCUT2D eigenvalue weighted by atomic mass is 79.9. The average Bonchev–Trinajstić information content (AvgIpc) is 2.77. The minimum Gasteiger partial charge on any atom is -0.314 e. The number of aromatic nitrogens is 2. The highest BCUT2D eigenvalue weighted by Crippen LogP contribution is 2.48. The third-order valence-electron chi connectivity index (χ3n) is 4.81. The maximum atomic E-state index is 4.54. The molecule has 2 unspecified atom stereocenters. The maximum absolute atomic E-state index is 4.54. The second kappa shape index (κ2) is 6.82. The number of hydrogen-bond donors (Lipinski definition) is 1. The fraction of sp³-hybridized carbons (Fsp3) is 0.824. The Labute approximate surface area is 138 Å². The van der Waals surface area contributed by atoms with Crippen LogP contribution in [0.4, 0.5) is 0 Å². The van der Waals surface area contributed by atoms with Gasteiger partial charge in [0.25, 0.3) is 0 Å². The van der Waals surface area contributed by atoms with E-state index in [1.165, 1.54) is 29.4 Å². The molecule has 3 nitrogen and oxygen atoms in total. The summed E-state index contributed by atoms with van der Waals surface area (Å²) in [5, 5.41) is 8.18. The molecule has 0 saturated heterocycles. The SMILES string of the molecule is CCn1ncc(Br)c1C1CC(C)(C)CCC1CNC(C)C. The fourth-order valence-electron chi connectivity index (χ4n) is 3.59. The Kier molecular flexibility index (Phi) is 5.53. The molecule has 1 heterocycles. The van der Waals surface area contributed by atoms with Crippen LogP contribution in [0.3, 0.4) is 0 Å². The molecule has 1 aliphatic rings. The summed E-state index contributed by atoms with van der Waals surface area (Å²) in [6, 6.07) is 0.556. The van der Waals surface area contributed by atoms with E-state index in [4.69, 9.17) is 0 Å². The van der Waals surface area contributed by atoms with Gasteiger partial charge in [-0.3, -0.25) is 4.68 Å². The molecule has 120 valence electrons. The highest BCUT2D eigenvalue weighted by Gasteiger charge is 2.38. The number of aryl methyl sites for hydroxylation is 1. The molecule has 1 aromatic rings. The molecule has 0 aliphatic heterocycles. The van der Waals surface area contributed by atoms with E-state index in [0.29, 0.717) is 23.3 Å². The molecule has 0 radical (unpaired) electrons. The summed E-state index contributed by atoms with van der Waals surface area (Å²) in [5.74, 6) is 1.30. The van der Waals surface area contributed by atoms with E-state index in [9.17, 15) is 0 Å². The lowest BCUT2D eigenvalue weighted by Gasteiger charge is -2.41. The van der Waals surface area contributed by atoms with Crippen molar-refractivity contribution < 1.29 is 0 Å². The van der Waals surface area contributed by atoms with Gasteiger partial charge in [0, 0.05) is 18.5 Å². The van der Waals surface area contributed by atoms with Crippen LogP contribution in [0.1, 0.15) is 65.5 Å². The molecule has 2 atom stereocenters. The Morgan fingerprint density at radius 2 is 2.19 bits per heavy atom. The van der Waals surface area contributed by atoms with Gasteiger partial charge in [-0.15, -0.1) is 0 Å². The average molecular weight is 356 g/mol. The first kappa shape index (κ1) is 17.0. The monoisotopic (exact) mass is 355 g/mol. The standard InChI is InChI=1S/C17H30BrN3/c1-6-21-16(15(18)11-20-21)14-9-17(4,5)8-7-13(14)10-19-12(2)3/h11-14,19H,6-10H2,1-5H3. The molecule has 4 heteroatoms. The summed E-state index contributed by atoms with van der Waals surface area (Å²) < 4.78 is 3.36. The van der Waals surface area contributed by atoms with Gasteiger partial charge in [-0.2, -0.15) is 5.10 Å². The van der Waals surface area contributed by atoms with E-state index in [-0.39, 0.29) is 0 Å². The van der Waals surface area contributed by atoms with E-state index >= 15 is 0 Å². The first-order chi connectivity index (χ1) is 9.84. The van der Waals surface area contributed by atoms with Gasteiger partial charge in [0.2, 0.25) is 0 Å².